The minimum Gasteiger partial charge on any atom is -0.457 e. The Morgan fingerprint density at radius 3 is 2.43 bits per heavy atom. The van der Waals surface area contributed by atoms with E-state index in [1.165, 1.54) is 5.56 Å². The lowest BCUT2D eigenvalue weighted by atomic mass is 10.0. The maximum atomic E-state index is 12.1. The Labute approximate surface area is 125 Å². The predicted molar refractivity (Wildman–Crippen MR) is 85.2 cm³/mol. The molecule has 0 radical (unpaired) electrons. The standard InChI is InChI=1S/C18H21NO2/c1-12(2)15-9-7-14(8-10-15)11-21-18(20)16-6-4-5-13(3)17(16)19/h4-10,12H,11,19H2,1-3H3. The van der Waals surface area contributed by atoms with Crippen molar-refractivity contribution in [3.63, 3.8) is 0 Å². The summed E-state index contributed by atoms with van der Waals surface area (Å²) in [6, 6.07) is 13.5. The number of anilines is 1. The highest BCUT2D eigenvalue weighted by Gasteiger charge is 2.12. The topological polar surface area (TPSA) is 52.3 Å². The van der Waals surface area contributed by atoms with Crippen LogP contribution in [0.15, 0.2) is 42.5 Å². The van der Waals surface area contributed by atoms with Crippen molar-refractivity contribution in [3.8, 4) is 0 Å². The van der Waals surface area contributed by atoms with Gasteiger partial charge in [-0.05, 0) is 35.6 Å². The second-order valence-corrected chi connectivity index (χ2v) is 5.51. The first-order valence-corrected chi connectivity index (χ1v) is 7.10. The van der Waals surface area contributed by atoms with Gasteiger partial charge in [-0.3, -0.25) is 0 Å². The van der Waals surface area contributed by atoms with Crippen LogP contribution in [0.5, 0.6) is 0 Å². The Balaban J connectivity index is 2.02. The zero-order valence-corrected chi connectivity index (χ0v) is 12.7. The first-order chi connectivity index (χ1) is 9.99. The number of carbonyl (C=O) groups excluding carboxylic acids is 1. The summed E-state index contributed by atoms with van der Waals surface area (Å²) < 4.78 is 5.33. The van der Waals surface area contributed by atoms with Crippen LogP contribution in [-0.4, -0.2) is 5.97 Å². The molecule has 0 spiro atoms. The lowest BCUT2D eigenvalue weighted by Gasteiger charge is -2.10. The zero-order chi connectivity index (χ0) is 15.4. The van der Waals surface area contributed by atoms with E-state index >= 15 is 0 Å². The van der Waals surface area contributed by atoms with Gasteiger partial charge in [0, 0.05) is 5.69 Å². The zero-order valence-electron chi connectivity index (χ0n) is 12.7. The largest absolute Gasteiger partial charge is 0.457 e. The van der Waals surface area contributed by atoms with E-state index in [0.29, 0.717) is 17.2 Å². The Bertz CT molecular complexity index is 630. The van der Waals surface area contributed by atoms with E-state index in [4.69, 9.17) is 10.5 Å². The molecule has 0 heterocycles. The number of esters is 1. The van der Waals surface area contributed by atoms with Crippen molar-refractivity contribution in [2.75, 3.05) is 5.73 Å². The molecular formula is C18H21NO2. The molecule has 0 aliphatic heterocycles. The highest BCUT2D eigenvalue weighted by atomic mass is 16.5. The summed E-state index contributed by atoms with van der Waals surface area (Å²) in [7, 11) is 0. The van der Waals surface area contributed by atoms with E-state index in [2.05, 4.69) is 26.0 Å². The predicted octanol–water partition coefficient (Wildman–Crippen LogP) is 4.06. The van der Waals surface area contributed by atoms with Crippen molar-refractivity contribution in [1.82, 2.24) is 0 Å². The maximum Gasteiger partial charge on any atom is 0.340 e. The van der Waals surface area contributed by atoms with Gasteiger partial charge in [-0.15, -0.1) is 0 Å². The summed E-state index contributed by atoms with van der Waals surface area (Å²) in [5, 5.41) is 0. The summed E-state index contributed by atoms with van der Waals surface area (Å²) in [5.74, 6) is 0.109. The normalized spacial score (nSPS) is 10.7. The fourth-order valence-corrected chi connectivity index (χ4v) is 2.08. The van der Waals surface area contributed by atoms with E-state index in [1.807, 2.05) is 25.1 Å². The average molecular weight is 283 g/mol. The van der Waals surface area contributed by atoms with Crippen molar-refractivity contribution in [2.45, 2.75) is 33.3 Å². The molecule has 0 unspecified atom stereocenters. The third-order valence-corrected chi connectivity index (χ3v) is 3.56. The molecule has 0 aromatic heterocycles. The van der Waals surface area contributed by atoms with Crippen LogP contribution in [0, 0.1) is 6.92 Å². The van der Waals surface area contributed by atoms with E-state index in [-0.39, 0.29) is 12.6 Å². The van der Waals surface area contributed by atoms with Gasteiger partial charge < -0.3 is 10.5 Å². The number of rotatable bonds is 4. The molecule has 2 N–H and O–H groups in total. The van der Waals surface area contributed by atoms with E-state index in [9.17, 15) is 4.79 Å². The first kappa shape index (κ1) is 15.1. The average Bonchev–Trinajstić information content (AvgIpc) is 2.48. The van der Waals surface area contributed by atoms with Crippen LogP contribution in [-0.2, 0) is 11.3 Å². The third kappa shape index (κ3) is 3.63. The second-order valence-electron chi connectivity index (χ2n) is 5.51. The van der Waals surface area contributed by atoms with Gasteiger partial charge in [0.1, 0.15) is 6.61 Å². The van der Waals surface area contributed by atoms with Crippen molar-refractivity contribution in [1.29, 1.82) is 0 Å². The van der Waals surface area contributed by atoms with Crippen molar-refractivity contribution < 1.29 is 9.53 Å². The molecule has 2 rings (SSSR count). The minimum absolute atomic E-state index is 0.255. The summed E-state index contributed by atoms with van der Waals surface area (Å²) in [4.78, 5) is 12.1. The number of nitrogens with two attached hydrogens (primary N) is 1. The molecule has 0 fully saturated rings. The fraction of sp³-hybridized carbons (Fsp3) is 0.278. The second kappa shape index (κ2) is 6.44. The van der Waals surface area contributed by atoms with Crippen molar-refractivity contribution >= 4 is 11.7 Å². The molecule has 2 aromatic carbocycles. The van der Waals surface area contributed by atoms with Crippen LogP contribution in [0.1, 0.15) is 46.8 Å². The summed E-state index contributed by atoms with van der Waals surface area (Å²) in [6.45, 7) is 6.42. The summed E-state index contributed by atoms with van der Waals surface area (Å²) >= 11 is 0. The number of nitrogen functional groups attached to an aromatic ring is 1. The van der Waals surface area contributed by atoms with Gasteiger partial charge in [-0.1, -0.05) is 50.2 Å². The maximum absolute atomic E-state index is 12.1. The van der Waals surface area contributed by atoms with Crippen molar-refractivity contribution in [2.24, 2.45) is 0 Å². The van der Waals surface area contributed by atoms with Gasteiger partial charge in [0.15, 0.2) is 0 Å². The van der Waals surface area contributed by atoms with Crippen LogP contribution in [0.25, 0.3) is 0 Å². The lowest BCUT2D eigenvalue weighted by Crippen LogP contribution is -2.09. The SMILES string of the molecule is Cc1cccc(C(=O)OCc2ccc(C(C)C)cc2)c1N. The van der Waals surface area contributed by atoms with E-state index < -0.39 is 0 Å². The van der Waals surface area contributed by atoms with Gasteiger partial charge in [0.2, 0.25) is 0 Å². The van der Waals surface area contributed by atoms with E-state index in [1.54, 1.807) is 12.1 Å². The van der Waals surface area contributed by atoms with Crippen molar-refractivity contribution in [3.05, 3.63) is 64.7 Å². The number of ether oxygens (including phenoxy) is 1. The quantitative estimate of drug-likeness (QED) is 0.680. The first-order valence-electron chi connectivity index (χ1n) is 7.10. The van der Waals surface area contributed by atoms with Crippen LogP contribution in [0.3, 0.4) is 0 Å². The van der Waals surface area contributed by atoms with Crippen LogP contribution in [0.4, 0.5) is 5.69 Å². The minimum atomic E-state index is -0.385. The summed E-state index contributed by atoms with van der Waals surface area (Å²) in [5.41, 5.74) is 9.94. The number of para-hydroxylation sites is 1. The Morgan fingerprint density at radius 1 is 1.14 bits per heavy atom. The number of benzene rings is 2. The molecule has 0 amide bonds. The number of carbonyl (C=O) groups is 1. The lowest BCUT2D eigenvalue weighted by molar-refractivity contribution is 0.0474. The number of hydrogen-bond donors (Lipinski definition) is 1. The molecule has 0 aliphatic rings. The molecule has 0 atom stereocenters. The van der Waals surface area contributed by atoms with Crippen LogP contribution < -0.4 is 5.73 Å². The van der Waals surface area contributed by atoms with Gasteiger partial charge in [0.05, 0.1) is 5.56 Å². The molecule has 110 valence electrons. The molecule has 0 aliphatic carbocycles. The molecule has 2 aromatic rings. The van der Waals surface area contributed by atoms with E-state index in [0.717, 1.165) is 11.1 Å². The Morgan fingerprint density at radius 2 is 1.81 bits per heavy atom. The molecule has 0 saturated heterocycles. The monoisotopic (exact) mass is 283 g/mol. The Kier molecular flexibility index (Phi) is 4.63. The molecule has 0 saturated carbocycles. The van der Waals surface area contributed by atoms with Crippen LogP contribution in [0.2, 0.25) is 0 Å². The number of aryl methyl sites for hydroxylation is 1. The van der Waals surface area contributed by atoms with Gasteiger partial charge >= 0.3 is 5.97 Å². The van der Waals surface area contributed by atoms with Gasteiger partial charge in [-0.2, -0.15) is 0 Å². The highest BCUT2D eigenvalue weighted by Crippen LogP contribution is 2.19. The smallest absolute Gasteiger partial charge is 0.340 e. The van der Waals surface area contributed by atoms with Gasteiger partial charge in [-0.25, -0.2) is 4.79 Å². The van der Waals surface area contributed by atoms with Gasteiger partial charge in [0.25, 0.3) is 0 Å². The Hall–Kier alpha value is -2.29. The molecular weight excluding hydrogens is 262 g/mol. The van der Waals surface area contributed by atoms with Crippen LogP contribution >= 0.6 is 0 Å². The third-order valence-electron chi connectivity index (χ3n) is 3.56. The number of hydrogen-bond acceptors (Lipinski definition) is 3. The molecule has 21 heavy (non-hydrogen) atoms. The summed E-state index contributed by atoms with van der Waals surface area (Å²) in [6.07, 6.45) is 0. The molecule has 3 nitrogen and oxygen atoms in total. The molecule has 3 heteroatoms. The fourth-order valence-electron chi connectivity index (χ4n) is 2.08. The molecule has 0 bridgehead atoms. The highest BCUT2D eigenvalue weighted by molar-refractivity contribution is 5.95.